The van der Waals surface area contributed by atoms with E-state index in [2.05, 4.69) is 10.3 Å². The molecule has 0 aliphatic carbocycles. The van der Waals surface area contributed by atoms with E-state index in [-0.39, 0.29) is 6.54 Å². The Kier molecular flexibility index (Phi) is 3.73. The molecule has 2 heterocycles. The summed E-state index contributed by atoms with van der Waals surface area (Å²) < 4.78 is 13.1. The third-order valence-corrected chi connectivity index (χ3v) is 4.60. The summed E-state index contributed by atoms with van der Waals surface area (Å²) in [7, 11) is 0. The number of anilines is 1. The van der Waals surface area contributed by atoms with Gasteiger partial charge in [-0.05, 0) is 35.9 Å². The molecule has 6 nitrogen and oxygen atoms in total. The van der Waals surface area contributed by atoms with E-state index in [1.165, 1.54) is 29.3 Å². The number of carbonyl (C=O) groups is 2. The van der Waals surface area contributed by atoms with E-state index in [4.69, 9.17) is 11.6 Å². The SMILES string of the molecule is O=C1[C@H]2N=NN(Cc3ccccc3Cl)[C@H]2C(=O)N1c1ccc(F)cc1. The molecule has 0 saturated carbocycles. The first-order valence-corrected chi connectivity index (χ1v) is 7.98. The number of halogens is 2. The van der Waals surface area contributed by atoms with Gasteiger partial charge in [-0.3, -0.25) is 14.6 Å². The zero-order valence-electron chi connectivity index (χ0n) is 12.8. The molecule has 0 aromatic heterocycles. The Balaban J connectivity index is 1.62. The highest BCUT2D eigenvalue weighted by atomic mass is 35.5. The molecular formula is C17H12ClFN4O2. The second-order valence-corrected chi connectivity index (χ2v) is 6.18. The van der Waals surface area contributed by atoms with E-state index < -0.39 is 29.7 Å². The van der Waals surface area contributed by atoms with Crippen molar-refractivity contribution >= 4 is 29.1 Å². The van der Waals surface area contributed by atoms with Crippen molar-refractivity contribution in [1.29, 1.82) is 0 Å². The minimum atomic E-state index is -0.889. The van der Waals surface area contributed by atoms with E-state index in [9.17, 15) is 14.0 Å². The minimum Gasteiger partial charge on any atom is -0.271 e. The topological polar surface area (TPSA) is 65.3 Å². The second-order valence-electron chi connectivity index (χ2n) is 5.77. The largest absolute Gasteiger partial charge is 0.271 e. The van der Waals surface area contributed by atoms with Gasteiger partial charge in [-0.2, -0.15) is 5.11 Å². The monoisotopic (exact) mass is 358 g/mol. The maximum absolute atomic E-state index is 13.1. The number of rotatable bonds is 3. The first kappa shape index (κ1) is 15.7. The summed E-state index contributed by atoms with van der Waals surface area (Å²) in [6.07, 6.45) is 0. The van der Waals surface area contributed by atoms with Crippen LogP contribution in [-0.4, -0.2) is 28.9 Å². The summed E-state index contributed by atoms with van der Waals surface area (Å²) in [5.41, 5.74) is 1.10. The quantitative estimate of drug-likeness (QED) is 0.792. The van der Waals surface area contributed by atoms with Crippen LogP contribution in [0.2, 0.25) is 5.02 Å². The maximum atomic E-state index is 13.1. The fourth-order valence-corrected chi connectivity index (χ4v) is 3.20. The van der Waals surface area contributed by atoms with Crippen LogP contribution in [0.5, 0.6) is 0 Å². The third kappa shape index (κ3) is 2.56. The Morgan fingerprint density at radius 2 is 1.76 bits per heavy atom. The lowest BCUT2D eigenvalue weighted by Gasteiger charge is -2.21. The van der Waals surface area contributed by atoms with Gasteiger partial charge in [0.05, 0.1) is 12.2 Å². The van der Waals surface area contributed by atoms with Crippen molar-refractivity contribution in [2.45, 2.75) is 18.6 Å². The highest BCUT2D eigenvalue weighted by molar-refractivity contribution is 6.31. The van der Waals surface area contributed by atoms with Gasteiger partial charge in [0.2, 0.25) is 0 Å². The molecule has 2 aromatic rings. The molecule has 2 aliphatic rings. The lowest BCUT2D eigenvalue weighted by atomic mass is 10.1. The second kappa shape index (κ2) is 5.93. The molecule has 1 saturated heterocycles. The Hall–Kier alpha value is -2.80. The highest BCUT2D eigenvalue weighted by Gasteiger charge is 2.54. The zero-order chi connectivity index (χ0) is 17.6. The van der Waals surface area contributed by atoms with E-state index in [1.54, 1.807) is 12.1 Å². The van der Waals surface area contributed by atoms with Crippen molar-refractivity contribution in [3.05, 3.63) is 64.9 Å². The first-order valence-electron chi connectivity index (χ1n) is 7.60. The van der Waals surface area contributed by atoms with Gasteiger partial charge in [0.1, 0.15) is 5.82 Å². The van der Waals surface area contributed by atoms with Crippen LogP contribution in [0.1, 0.15) is 5.56 Å². The van der Waals surface area contributed by atoms with Gasteiger partial charge in [0, 0.05) is 5.02 Å². The van der Waals surface area contributed by atoms with Crippen LogP contribution in [0.4, 0.5) is 10.1 Å². The Morgan fingerprint density at radius 1 is 1.04 bits per heavy atom. The summed E-state index contributed by atoms with van der Waals surface area (Å²) in [5, 5.41) is 9.94. The van der Waals surface area contributed by atoms with Crippen LogP contribution < -0.4 is 4.90 Å². The predicted molar refractivity (Wildman–Crippen MR) is 88.3 cm³/mol. The van der Waals surface area contributed by atoms with Crippen LogP contribution in [0, 0.1) is 5.82 Å². The molecule has 25 heavy (non-hydrogen) atoms. The molecule has 4 rings (SSSR count). The van der Waals surface area contributed by atoms with Gasteiger partial charge in [-0.1, -0.05) is 35.0 Å². The maximum Gasteiger partial charge on any atom is 0.263 e. The normalized spacial score (nSPS) is 22.0. The number of imide groups is 1. The van der Waals surface area contributed by atoms with Crippen LogP contribution in [0.15, 0.2) is 58.9 Å². The fraction of sp³-hybridized carbons (Fsp3) is 0.176. The Bertz CT molecular complexity index is 886. The van der Waals surface area contributed by atoms with Crippen LogP contribution in [0.25, 0.3) is 0 Å². The average molecular weight is 359 g/mol. The average Bonchev–Trinajstić information content (AvgIpc) is 3.12. The Labute approximate surface area is 147 Å². The summed E-state index contributed by atoms with van der Waals surface area (Å²) in [6.45, 7) is 0.265. The van der Waals surface area contributed by atoms with E-state index in [0.29, 0.717) is 10.7 Å². The van der Waals surface area contributed by atoms with Gasteiger partial charge in [0.15, 0.2) is 12.1 Å². The molecule has 0 radical (unpaired) electrons. The molecule has 8 heteroatoms. The van der Waals surface area contributed by atoms with Crippen LogP contribution in [-0.2, 0) is 16.1 Å². The van der Waals surface area contributed by atoms with Crippen LogP contribution in [0.3, 0.4) is 0 Å². The number of hydrogen-bond acceptors (Lipinski definition) is 5. The number of nitrogens with zero attached hydrogens (tertiary/aromatic N) is 4. The van der Waals surface area contributed by atoms with E-state index in [0.717, 1.165) is 10.5 Å². The predicted octanol–water partition coefficient (Wildman–Crippen LogP) is 2.97. The van der Waals surface area contributed by atoms with Crippen molar-refractivity contribution in [1.82, 2.24) is 5.01 Å². The Morgan fingerprint density at radius 3 is 2.48 bits per heavy atom. The fourth-order valence-electron chi connectivity index (χ4n) is 3.00. The molecule has 0 N–H and O–H groups in total. The number of hydrogen-bond donors (Lipinski definition) is 0. The van der Waals surface area contributed by atoms with Crippen molar-refractivity contribution in [2.24, 2.45) is 10.3 Å². The molecule has 2 aliphatic heterocycles. The molecule has 2 amide bonds. The van der Waals surface area contributed by atoms with Gasteiger partial charge < -0.3 is 0 Å². The standard InChI is InChI=1S/C17H12ClFN4O2/c18-13-4-2-1-3-10(13)9-22-15-14(20-21-22)16(24)23(17(15)25)12-7-5-11(19)6-8-12/h1-8,14-15H,9H2/t14-,15+/m0/s1. The molecule has 0 bridgehead atoms. The van der Waals surface area contributed by atoms with Gasteiger partial charge in [-0.25, -0.2) is 9.29 Å². The van der Waals surface area contributed by atoms with Gasteiger partial charge in [-0.15, -0.1) is 0 Å². The highest BCUT2D eigenvalue weighted by Crippen LogP contribution is 2.33. The lowest BCUT2D eigenvalue weighted by molar-refractivity contribution is -0.123. The summed E-state index contributed by atoms with van der Waals surface area (Å²) in [6, 6.07) is 10.7. The van der Waals surface area contributed by atoms with Crippen molar-refractivity contribution < 1.29 is 14.0 Å². The van der Waals surface area contributed by atoms with Crippen molar-refractivity contribution in [3.8, 4) is 0 Å². The summed E-state index contributed by atoms with van der Waals surface area (Å²) in [5.74, 6) is -1.34. The van der Waals surface area contributed by atoms with Gasteiger partial charge in [0.25, 0.3) is 11.8 Å². The number of fused-ring (bicyclic) bond motifs is 1. The third-order valence-electron chi connectivity index (χ3n) is 4.23. The molecule has 0 unspecified atom stereocenters. The molecule has 2 atom stereocenters. The zero-order valence-corrected chi connectivity index (χ0v) is 13.6. The molecule has 0 spiro atoms. The van der Waals surface area contributed by atoms with Crippen LogP contribution >= 0.6 is 11.6 Å². The van der Waals surface area contributed by atoms with Crippen molar-refractivity contribution in [2.75, 3.05) is 4.90 Å². The summed E-state index contributed by atoms with van der Waals surface area (Å²) >= 11 is 6.15. The molecule has 2 aromatic carbocycles. The number of carbonyl (C=O) groups excluding carboxylic acids is 2. The number of benzene rings is 2. The molecule has 126 valence electrons. The number of amides is 2. The molecular weight excluding hydrogens is 347 g/mol. The minimum absolute atomic E-state index is 0.265. The molecule has 1 fully saturated rings. The van der Waals surface area contributed by atoms with Crippen molar-refractivity contribution in [3.63, 3.8) is 0 Å². The summed E-state index contributed by atoms with van der Waals surface area (Å²) in [4.78, 5) is 26.4. The smallest absolute Gasteiger partial charge is 0.263 e. The van der Waals surface area contributed by atoms with E-state index in [1.807, 2.05) is 12.1 Å². The van der Waals surface area contributed by atoms with Gasteiger partial charge >= 0.3 is 0 Å². The first-order chi connectivity index (χ1) is 12.1. The van der Waals surface area contributed by atoms with E-state index >= 15 is 0 Å². The lowest BCUT2D eigenvalue weighted by Crippen LogP contribution is -2.39.